The quantitative estimate of drug-likeness (QED) is 0.171. The Labute approximate surface area is 482 Å². The number of anilines is 3. The third-order valence-electron chi connectivity index (χ3n) is 20.2. The van der Waals surface area contributed by atoms with E-state index in [0.717, 1.165) is 17.1 Å². The lowest BCUT2D eigenvalue weighted by atomic mass is 9.65. The van der Waals surface area contributed by atoms with E-state index in [2.05, 4.69) is 302 Å². The molecule has 0 radical (unpaired) electrons. The van der Waals surface area contributed by atoms with Crippen molar-refractivity contribution in [1.82, 2.24) is 4.57 Å². The van der Waals surface area contributed by atoms with Crippen LogP contribution in [0.3, 0.4) is 0 Å². The van der Waals surface area contributed by atoms with E-state index in [4.69, 9.17) is 0 Å². The second kappa shape index (κ2) is 16.0. The van der Waals surface area contributed by atoms with Crippen LogP contribution in [0.4, 0.5) is 17.1 Å². The molecule has 2 heteroatoms. The summed E-state index contributed by atoms with van der Waals surface area (Å²) in [5.41, 5.74) is 32.4. The largest absolute Gasteiger partial charge is 0.310 e. The predicted octanol–water partition coefficient (Wildman–Crippen LogP) is 20.4. The Morgan fingerprint density at radius 3 is 1.35 bits per heavy atom. The molecular weight excluding hydrogens is 1000 g/mol. The van der Waals surface area contributed by atoms with Crippen LogP contribution in [0.15, 0.2) is 279 Å². The fourth-order valence-electron chi connectivity index (χ4n) is 16.8. The van der Waals surface area contributed by atoms with Gasteiger partial charge < -0.3 is 9.47 Å². The molecule has 1 aromatic heterocycles. The number of para-hydroxylation sites is 3. The molecule has 5 aliphatic rings. The zero-order valence-corrected chi connectivity index (χ0v) is 46.0. The Kier molecular flexibility index (Phi) is 8.76. The van der Waals surface area contributed by atoms with E-state index in [-0.39, 0.29) is 5.41 Å². The number of hydrogen-bond acceptors (Lipinski definition) is 1. The highest BCUT2D eigenvalue weighted by molar-refractivity contribution is 6.13. The van der Waals surface area contributed by atoms with Crippen molar-refractivity contribution in [2.45, 2.75) is 30.1 Å². The maximum atomic E-state index is 2.53. The fourth-order valence-corrected chi connectivity index (χ4v) is 16.8. The van der Waals surface area contributed by atoms with E-state index >= 15 is 0 Å². The summed E-state index contributed by atoms with van der Waals surface area (Å²) in [5.74, 6) is 0. The van der Waals surface area contributed by atoms with Gasteiger partial charge in [-0.25, -0.2) is 0 Å². The third-order valence-corrected chi connectivity index (χ3v) is 20.2. The van der Waals surface area contributed by atoms with Gasteiger partial charge in [-0.15, -0.1) is 0 Å². The molecule has 83 heavy (non-hydrogen) atoms. The van der Waals surface area contributed by atoms with Gasteiger partial charge in [0.05, 0.1) is 27.6 Å². The van der Waals surface area contributed by atoms with Gasteiger partial charge in [-0.05, 0) is 183 Å². The summed E-state index contributed by atoms with van der Waals surface area (Å²) in [6.45, 7) is 4.77. The van der Waals surface area contributed by atoms with Crippen LogP contribution >= 0.6 is 0 Å². The van der Waals surface area contributed by atoms with Gasteiger partial charge in [-0.2, -0.15) is 0 Å². The predicted molar refractivity (Wildman–Crippen MR) is 343 cm³/mol. The van der Waals surface area contributed by atoms with Gasteiger partial charge in [0.15, 0.2) is 0 Å². The van der Waals surface area contributed by atoms with Gasteiger partial charge in [-0.3, -0.25) is 0 Å². The van der Waals surface area contributed by atoms with Crippen LogP contribution in [-0.4, -0.2) is 4.57 Å². The Bertz CT molecular complexity index is 5160. The molecule has 1 aliphatic heterocycles. The molecule has 0 saturated carbocycles. The minimum Gasteiger partial charge on any atom is -0.310 e. The summed E-state index contributed by atoms with van der Waals surface area (Å²) in [4.78, 5) is 2.52. The molecule has 0 fully saturated rings. The van der Waals surface area contributed by atoms with Crippen LogP contribution in [0.1, 0.15) is 69.5 Å². The number of hydrogen-bond donors (Lipinski definition) is 0. The Balaban J connectivity index is 0.786. The molecule has 2 spiro atoms. The summed E-state index contributed by atoms with van der Waals surface area (Å²) >= 11 is 0. The van der Waals surface area contributed by atoms with Crippen LogP contribution in [-0.2, 0) is 16.2 Å². The van der Waals surface area contributed by atoms with Gasteiger partial charge >= 0.3 is 0 Å². The van der Waals surface area contributed by atoms with E-state index in [9.17, 15) is 0 Å². The van der Waals surface area contributed by atoms with Crippen molar-refractivity contribution in [3.63, 3.8) is 0 Å². The van der Waals surface area contributed by atoms with Gasteiger partial charge in [0.1, 0.15) is 0 Å². The maximum Gasteiger partial charge on any atom is 0.0754 e. The molecule has 2 nitrogen and oxygen atoms in total. The van der Waals surface area contributed by atoms with Crippen molar-refractivity contribution in [2.24, 2.45) is 0 Å². The maximum absolute atomic E-state index is 2.53. The number of fused-ring (bicyclic) bond motifs is 26. The minimum atomic E-state index is -0.516. The van der Waals surface area contributed by atoms with Crippen molar-refractivity contribution < 1.29 is 0 Å². The molecule has 1 atom stereocenters. The summed E-state index contributed by atoms with van der Waals surface area (Å²) in [7, 11) is 0. The molecule has 4 aliphatic carbocycles. The van der Waals surface area contributed by atoms with Crippen LogP contribution < -0.4 is 4.90 Å². The third kappa shape index (κ3) is 5.59. The highest BCUT2D eigenvalue weighted by Crippen LogP contribution is 2.65. The topological polar surface area (TPSA) is 8.17 Å². The summed E-state index contributed by atoms with van der Waals surface area (Å²) in [6, 6.07) is 107. The molecule has 19 rings (SSSR count). The highest BCUT2D eigenvalue weighted by Gasteiger charge is 2.53. The molecule has 1 unspecified atom stereocenters. The number of benzene rings is 13. The highest BCUT2D eigenvalue weighted by atomic mass is 15.1. The van der Waals surface area contributed by atoms with Crippen molar-refractivity contribution in [3.05, 3.63) is 335 Å². The van der Waals surface area contributed by atoms with E-state index in [0.29, 0.717) is 0 Å². The van der Waals surface area contributed by atoms with Gasteiger partial charge in [-0.1, -0.05) is 232 Å². The SMILES string of the molecule is CC1(C)c2ccccc2-c2ccc(N(c3ccc4c(c3)C3(c5ccccc5-c5ccccc53)c3ccccc3-4)c3ccc4cc(-c5ccc6c(c5)C5(c7ccccc7-6)c6ccccc6-n6c7ccccc7c7cccc5c76)ccc4c3)cc21. The zero-order chi connectivity index (χ0) is 54.5. The molecule has 0 N–H and O–H groups in total. The molecule has 14 aromatic rings. The lowest BCUT2D eigenvalue weighted by molar-refractivity contribution is 0.660. The van der Waals surface area contributed by atoms with Gasteiger partial charge in [0.25, 0.3) is 0 Å². The van der Waals surface area contributed by atoms with Crippen LogP contribution in [0.25, 0.3) is 93.9 Å². The lowest BCUT2D eigenvalue weighted by Crippen LogP contribution is -2.33. The van der Waals surface area contributed by atoms with Gasteiger partial charge in [0.2, 0.25) is 0 Å². The van der Waals surface area contributed by atoms with Crippen LogP contribution in [0.2, 0.25) is 0 Å². The molecule has 386 valence electrons. The first-order chi connectivity index (χ1) is 40.9. The monoisotopic (exact) mass is 1050 g/mol. The first-order valence-corrected chi connectivity index (χ1v) is 29.3. The molecule has 2 heterocycles. The van der Waals surface area contributed by atoms with Crippen molar-refractivity contribution in [1.29, 1.82) is 0 Å². The Morgan fingerprint density at radius 2 is 0.687 bits per heavy atom. The van der Waals surface area contributed by atoms with E-state index in [1.807, 2.05) is 0 Å². The number of aromatic nitrogens is 1. The normalized spacial score (nSPS) is 16.1. The molecule has 0 bridgehead atoms. The number of nitrogens with zero attached hydrogens (tertiary/aromatic N) is 2. The summed E-state index contributed by atoms with van der Waals surface area (Å²) in [6.07, 6.45) is 0. The summed E-state index contributed by atoms with van der Waals surface area (Å²) < 4.78 is 2.53. The minimum absolute atomic E-state index is 0.165. The zero-order valence-electron chi connectivity index (χ0n) is 46.0. The fraction of sp³-hybridized carbons (Fsp3) is 0.0617. The number of rotatable bonds is 4. The Morgan fingerprint density at radius 1 is 0.277 bits per heavy atom. The average Bonchev–Trinajstić information content (AvgIpc) is 1.80. The first-order valence-electron chi connectivity index (χ1n) is 29.3. The molecule has 0 amide bonds. The van der Waals surface area contributed by atoms with E-state index in [1.165, 1.54) is 150 Å². The van der Waals surface area contributed by atoms with E-state index in [1.54, 1.807) is 0 Å². The molecule has 13 aromatic carbocycles. The van der Waals surface area contributed by atoms with E-state index < -0.39 is 10.8 Å². The van der Waals surface area contributed by atoms with Crippen molar-refractivity contribution in [3.8, 4) is 61.3 Å². The lowest BCUT2D eigenvalue weighted by Gasteiger charge is -2.39. The molecule has 0 saturated heterocycles. The average molecular weight is 1050 g/mol. The second-order valence-electron chi connectivity index (χ2n) is 24.2. The standard InChI is InChI=1S/C81H52N2/c1-79(2)66-25-9-3-18-56(66)61-42-39-54(47-73(61)79)82(55-40-43-63-60-22-6-12-28-69(60)80(75(63)48-55)67-26-10-4-19-57(67)58-20-5-11-27-68(58)80)53-38-36-50-44-49(34-35-51(50)45-53)52-37-41-62-59-21-7-13-29-70(59)81(74(62)46-52)71-30-14-16-33-77(71)83-76-32-15-8-23-64(76)65-24-17-31-72(81)78(65)83/h3-48H,1-2H3. The van der Waals surface area contributed by atoms with Crippen molar-refractivity contribution in [2.75, 3.05) is 4.90 Å². The van der Waals surface area contributed by atoms with Gasteiger partial charge in [0, 0.05) is 33.2 Å². The second-order valence-corrected chi connectivity index (χ2v) is 24.2. The summed E-state index contributed by atoms with van der Waals surface area (Å²) in [5, 5.41) is 4.98. The first kappa shape index (κ1) is 45.4. The van der Waals surface area contributed by atoms with Crippen LogP contribution in [0.5, 0.6) is 0 Å². The Hall–Kier alpha value is -10.3. The molecular formula is C81H52N2. The van der Waals surface area contributed by atoms with Crippen molar-refractivity contribution >= 4 is 49.6 Å². The van der Waals surface area contributed by atoms with Crippen LogP contribution in [0, 0.1) is 0 Å². The smallest absolute Gasteiger partial charge is 0.0754 e.